The van der Waals surface area contributed by atoms with E-state index in [1.54, 1.807) is 0 Å². The van der Waals surface area contributed by atoms with Gasteiger partial charge in [0.15, 0.2) is 0 Å². The van der Waals surface area contributed by atoms with Gasteiger partial charge in [0.1, 0.15) is 0 Å². The van der Waals surface area contributed by atoms with Crippen LogP contribution >= 0.6 is 15.9 Å². The molecule has 1 aliphatic carbocycles. The molecule has 0 aromatic heterocycles. The molecule has 1 fully saturated rings. The van der Waals surface area contributed by atoms with Crippen molar-refractivity contribution in [1.82, 2.24) is 0 Å². The van der Waals surface area contributed by atoms with E-state index >= 15 is 0 Å². The topological polar surface area (TPSA) is 27.0 Å². The lowest BCUT2D eigenvalue weighted by Gasteiger charge is -2.29. The van der Waals surface area contributed by atoms with Crippen LogP contribution in [0.4, 0.5) is 5.69 Å². The molecule has 2 rings (SSSR count). The van der Waals surface area contributed by atoms with Crippen molar-refractivity contribution in [2.24, 2.45) is 5.92 Å². The van der Waals surface area contributed by atoms with Gasteiger partial charge in [-0.25, -0.2) is 0 Å². The van der Waals surface area contributed by atoms with Crippen molar-refractivity contribution < 1.29 is 0 Å². The van der Waals surface area contributed by atoms with Gasteiger partial charge in [-0.3, -0.25) is 0 Å². The molecule has 1 aromatic carbocycles. The fourth-order valence-corrected chi connectivity index (χ4v) is 2.48. The highest BCUT2D eigenvalue weighted by Gasteiger charge is 2.25. The van der Waals surface area contributed by atoms with Crippen LogP contribution in [0.5, 0.6) is 0 Å². The second-order valence-electron chi connectivity index (χ2n) is 5.00. The average molecular weight is 293 g/mol. The molecule has 0 aliphatic heterocycles. The zero-order chi connectivity index (χ0) is 12.4. The lowest BCUT2D eigenvalue weighted by molar-refractivity contribution is 0.644. The summed E-state index contributed by atoms with van der Waals surface area (Å²) < 4.78 is 0.980. The number of rotatable bonds is 4. The molecule has 0 unspecified atom stereocenters. The van der Waals surface area contributed by atoms with Gasteiger partial charge in [0.05, 0.1) is 11.6 Å². The van der Waals surface area contributed by atoms with E-state index in [4.69, 9.17) is 5.26 Å². The number of nitrogens with zero attached hydrogens (tertiary/aromatic N) is 2. The predicted molar refractivity (Wildman–Crippen MR) is 74.1 cm³/mol. The van der Waals surface area contributed by atoms with Gasteiger partial charge >= 0.3 is 0 Å². The second kappa shape index (κ2) is 5.10. The molecule has 1 saturated carbocycles. The zero-order valence-corrected chi connectivity index (χ0v) is 11.9. The summed E-state index contributed by atoms with van der Waals surface area (Å²) in [7, 11) is 0. The molecule has 0 amide bonds. The molecule has 2 nitrogen and oxygen atoms in total. The minimum atomic E-state index is 0.469. The van der Waals surface area contributed by atoms with Crippen LogP contribution in [0.15, 0.2) is 22.7 Å². The molecule has 0 spiro atoms. The Balaban J connectivity index is 2.27. The van der Waals surface area contributed by atoms with Crippen molar-refractivity contribution in [3.8, 4) is 6.07 Å². The molecule has 17 heavy (non-hydrogen) atoms. The predicted octanol–water partition coefficient (Wildman–Crippen LogP) is 3.95. The second-order valence-corrected chi connectivity index (χ2v) is 5.92. The quantitative estimate of drug-likeness (QED) is 0.840. The molecule has 1 aliphatic rings. The Morgan fingerprint density at radius 1 is 1.41 bits per heavy atom. The van der Waals surface area contributed by atoms with Crippen LogP contribution in [0.3, 0.4) is 0 Å². The molecular formula is C14H17BrN2. The van der Waals surface area contributed by atoms with E-state index in [0.29, 0.717) is 6.04 Å². The van der Waals surface area contributed by atoms with Gasteiger partial charge in [-0.1, -0.05) is 15.9 Å². The third-order valence-corrected chi connectivity index (χ3v) is 3.58. The van der Waals surface area contributed by atoms with E-state index < -0.39 is 0 Å². The summed E-state index contributed by atoms with van der Waals surface area (Å²) in [6.07, 6.45) is 2.70. The minimum absolute atomic E-state index is 0.469. The highest BCUT2D eigenvalue weighted by molar-refractivity contribution is 9.10. The van der Waals surface area contributed by atoms with Crippen molar-refractivity contribution in [1.29, 1.82) is 5.26 Å². The van der Waals surface area contributed by atoms with Crippen LogP contribution in [0, 0.1) is 17.2 Å². The summed E-state index contributed by atoms with van der Waals surface area (Å²) >= 11 is 3.48. The number of anilines is 1. The number of hydrogen-bond donors (Lipinski definition) is 0. The Morgan fingerprint density at radius 2 is 2.12 bits per heavy atom. The smallest absolute Gasteiger partial charge is 0.0992 e. The molecule has 0 bridgehead atoms. The lowest BCUT2D eigenvalue weighted by Crippen LogP contribution is -2.32. The first-order chi connectivity index (χ1) is 8.10. The summed E-state index contributed by atoms with van der Waals surface area (Å²) in [6, 6.07) is 8.62. The first-order valence-electron chi connectivity index (χ1n) is 6.07. The normalized spacial score (nSPS) is 14.8. The van der Waals surface area contributed by atoms with E-state index in [0.717, 1.165) is 28.2 Å². The van der Waals surface area contributed by atoms with Crippen LogP contribution < -0.4 is 4.90 Å². The largest absolute Gasteiger partial charge is 0.369 e. The summed E-state index contributed by atoms with van der Waals surface area (Å²) in [5, 5.41) is 9.01. The first kappa shape index (κ1) is 12.4. The fraction of sp³-hybridized carbons (Fsp3) is 0.500. The maximum atomic E-state index is 9.01. The van der Waals surface area contributed by atoms with Crippen molar-refractivity contribution in [3.63, 3.8) is 0 Å². The molecule has 0 atom stereocenters. The molecule has 0 saturated heterocycles. The van der Waals surface area contributed by atoms with Crippen LogP contribution in [0.1, 0.15) is 32.3 Å². The van der Waals surface area contributed by atoms with Gasteiger partial charge in [0.2, 0.25) is 0 Å². The van der Waals surface area contributed by atoms with Gasteiger partial charge in [-0.05, 0) is 50.8 Å². The zero-order valence-electron chi connectivity index (χ0n) is 10.3. The van der Waals surface area contributed by atoms with Crippen LogP contribution in [-0.4, -0.2) is 12.6 Å². The first-order valence-corrected chi connectivity index (χ1v) is 6.87. The molecular weight excluding hydrogens is 276 g/mol. The Kier molecular flexibility index (Phi) is 3.73. The molecule has 0 N–H and O–H groups in total. The van der Waals surface area contributed by atoms with Gasteiger partial charge in [0, 0.05) is 22.7 Å². The van der Waals surface area contributed by atoms with Crippen molar-refractivity contribution in [3.05, 3.63) is 28.2 Å². The maximum Gasteiger partial charge on any atom is 0.0992 e. The van der Waals surface area contributed by atoms with Gasteiger partial charge in [0.25, 0.3) is 0 Å². The van der Waals surface area contributed by atoms with E-state index in [1.165, 1.54) is 12.8 Å². The number of halogens is 1. The van der Waals surface area contributed by atoms with Crippen LogP contribution in [0.2, 0.25) is 0 Å². The molecule has 90 valence electrons. The fourth-order valence-electron chi connectivity index (χ4n) is 2.00. The Bertz CT molecular complexity index is 444. The standard InChI is InChI=1S/C14H17BrN2/c1-10(2)17(9-11-3-4-11)14-6-12(8-16)5-13(15)7-14/h5-7,10-11H,3-4,9H2,1-2H3. The third-order valence-electron chi connectivity index (χ3n) is 3.12. The molecule has 3 heteroatoms. The van der Waals surface area contributed by atoms with Crippen molar-refractivity contribution in [2.45, 2.75) is 32.7 Å². The average Bonchev–Trinajstić information content (AvgIpc) is 3.08. The monoisotopic (exact) mass is 292 g/mol. The van der Waals surface area contributed by atoms with Gasteiger partial charge in [-0.15, -0.1) is 0 Å². The van der Waals surface area contributed by atoms with Crippen molar-refractivity contribution >= 4 is 21.6 Å². The SMILES string of the molecule is CC(C)N(CC1CC1)c1cc(Br)cc(C#N)c1. The maximum absolute atomic E-state index is 9.01. The van der Waals surface area contributed by atoms with E-state index in [1.807, 2.05) is 12.1 Å². The van der Waals surface area contributed by atoms with E-state index in [-0.39, 0.29) is 0 Å². The van der Waals surface area contributed by atoms with E-state index in [9.17, 15) is 0 Å². The van der Waals surface area contributed by atoms with Crippen molar-refractivity contribution in [2.75, 3.05) is 11.4 Å². The number of benzene rings is 1. The summed E-state index contributed by atoms with van der Waals surface area (Å²) in [5.41, 5.74) is 1.87. The highest BCUT2D eigenvalue weighted by Crippen LogP contribution is 2.33. The molecule has 1 aromatic rings. The Morgan fingerprint density at radius 3 is 2.65 bits per heavy atom. The number of hydrogen-bond acceptors (Lipinski definition) is 2. The van der Waals surface area contributed by atoms with Gasteiger partial charge < -0.3 is 4.90 Å². The highest BCUT2D eigenvalue weighted by atomic mass is 79.9. The Labute approximate surface area is 111 Å². The minimum Gasteiger partial charge on any atom is -0.369 e. The lowest BCUT2D eigenvalue weighted by atomic mass is 10.1. The summed E-state index contributed by atoms with van der Waals surface area (Å²) in [4.78, 5) is 2.39. The molecule has 0 radical (unpaired) electrons. The molecule has 0 heterocycles. The van der Waals surface area contributed by atoms with E-state index in [2.05, 4.69) is 46.8 Å². The van der Waals surface area contributed by atoms with Crippen LogP contribution in [0.25, 0.3) is 0 Å². The van der Waals surface area contributed by atoms with Gasteiger partial charge in [-0.2, -0.15) is 5.26 Å². The Hall–Kier alpha value is -1.01. The van der Waals surface area contributed by atoms with Crippen LogP contribution in [-0.2, 0) is 0 Å². The summed E-state index contributed by atoms with van der Waals surface area (Å²) in [6.45, 7) is 5.52. The third kappa shape index (κ3) is 3.23. The summed E-state index contributed by atoms with van der Waals surface area (Å²) in [5.74, 6) is 0.849. The number of nitriles is 1.